The SMILES string of the molecule is CCN(Cc1cccs1)c1nsnc1Cl. The number of anilines is 1. The normalized spacial score (nSPS) is 10.5. The fraction of sp³-hybridized carbons (Fsp3) is 0.333. The summed E-state index contributed by atoms with van der Waals surface area (Å²) in [5.74, 6) is 0.789. The minimum Gasteiger partial charge on any atom is -0.348 e. The minimum atomic E-state index is 0.499. The lowest BCUT2D eigenvalue weighted by molar-refractivity contribution is 0.830. The zero-order valence-corrected chi connectivity index (χ0v) is 10.6. The predicted octanol–water partition coefficient (Wildman–Crippen LogP) is 3.28. The first kappa shape index (κ1) is 10.9. The Balaban J connectivity index is 2.15. The van der Waals surface area contributed by atoms with E-state index < -0.39 is 0 Å². The van der Waals surface area contributed by atoms with Gasteiger partial charge in [-0.2, -0.15) is 8.75 Å². The first-order valence-electron chi connectivity index (χ1n) is 4.56. The van der Waals surface area contributed by atoms with E-state index in [1.807, 2.05) is 0 Å². The van der Waals surface area contributed by atoms with Crippen molar-refractivity contribution in [3.63, 3.8) is 0 Å². The number of rotatable bonds is 4. The van der Waals surface area contributed by atoms with Crippen LogP contribution in [0.5, 0.6) is 0 Å². The minimum absolute atomic E-state index is 0.499. The van der Waals surface area contributed by atoms with Crippen molar-refractivity contribution in [2.75, 3.05) is 11.4 Å². The van der Waals surface area contributed by atoms with E-state index in [0.717, 1.165) is 30.6 Å². The van der Waals surface area contributed by atoms with Gasteiger partial charge in [0.15, 0.2) is 11.0 Å². The van der Waals surface area contributed by atoms with Crippen LogP contribution in [-0.4, -0.2) is 15.3 Å². The molecule has 0 bridgehead atoms. The lowest BCUT2D eigenvalue weighted by Crippen LogP contribution is -2.21. The lowest BCUT2D eigenvalue weighted by atomic mass is 10.4. The second-order valence-electron chi connectivity index (χ2n) is 2.97. The van der Waals surface area contributed by atoms with Crippen molar-refractivity contribution in [2.24, 2.45) is 0 Å². The van der Waals surface area contributed by atoms with E-state index in [0.29, 0.717) is 5.15 Å². The highest BCUT2D eigenvalue weighted by Gasteiger charge is 2.13. The molecule has 0 radical (unpaired) electrons. The number of halogens is 1. The van der Waals surface area contributed by atoms with Crippen molar-refractivity contribution < 1.29 is 0 Å². The first-order chi connectivity index (χ1) is 7.31. The highest BCUT2D eigenvalue weighted by molar-refractivity contribution is 7.09. The lowest BCUT2D eigenvalue weighted by Gasteiger charge is -2.18. The fourth-order valence-electron chi connectivity index (χ4n) is 1.29. The van der Waals surface area contributed by atoms with Crippen molar-refractivity contribution in [1.29, 1.82) is 0 Å². The molecule has 0 saturated heterocycles. The highest BCUT2D eigenvalue weighted by Crippen LogP contribution is 2.25. The van der Waals surface area contributed by atoms with Gasteiger partial charge in [0.1, 0.15) is 0 Å². The van der Waals surface area contributed by atoms with Gasteiger partial charge in [0.25, 0.3) is 0 Å². The van der Waals surface area contributed by atoms with Gasteiger partial charge in [-0.05, 0) is 18.4 Å². The van der Waals surface area contributed by atoms with E-state index in [9.17, 15) is 0 Å². The van der Waals surface area contributed by atoms with Crippen LogP contribution in [0.1, 0.15) is 11.8 Å². The van der Waals surface area contributed by atoms with Crippen LogP contribution in [0.3, 0.4) is 0 Å². The molecule has 0 aliphatic carbocycles. The molecule has 2 aromatic rings. The molecule has 0 atom stereocenters. The van der Waals surface area contributed by atoms with Crippen LogP contribution in [0.15, 0.2) is 17.5 Å². The number of hydrogen-bond acceptors (Lipinski definition) is 5. The molecule has 0 aliphatic heterocycles. The Morgan fingerprint density at radius 3 is 2.87 bits per heavy atom. The van der Waals surface area contributed by atoms with Gasteiger partial charge in [0.2, 0.25) is 0 Å². The van der Waals surface area contributed by atoms with E-state index in [1.54, 1.807) is 11.3 Å². The Kier molecular flexibility index (Phi) is 3.56. The first-order valence-corrected chi connectivity index (χ1v) is 6.55. The summed E-state index contributed by atoms with van der Waals surface area (Å²) in [4.78, 5) is 3.43. The van der Waals surface area contributed by atoms with Gasteiger partial charge in [0, 0.05) is 11.4 Å². The van der Waals surface area contributed by atoms with Crippen LogP contribution in [0.2, 0.25) is 5.15 Å². The van der Waals surface area contributed by atoms with Gasteiger partial charge < -0.3 is 4.90 Å². The monoisotopic (exact) mass is 259 g/mol. The highest BCUT2D eigenvalue weighted by atomic mass is 35.5. The molecule has 0 amide bonds. The maximum atomic E-state index is 5.95. The number of hydrogen-bond donors (Lipinski definition) is 0. The molecule has 2 heterocycles. The summed E-state index contributed by atoms with van der Waals surface area (Å²) in [5.41, 5.74) is 0. The van der Waals surface area contributed by atoms with E-state index >= 15 is 0 Å². The van der Waals surface area contributed by atoms with Crippen LogP contribution in [0.4, 0.5) is 5.82 Å². The van der Waals surface area contributed by atoms with Crippen molar-refractivity contribution in [3.8, 4) is 0 Å². The van der Waals surface area contributed by atoms with E-state index in [1.165, 1.54) is 4.88 Å². The predicted molar refractivity (Wildman–Crippen MR) is 66.0 cm³/mol. The average molecular weight is 260 g/mol. The standard InChI is InChI=1S/C9H10ClN3S2/c1-2-13(6-7-4-3-5-14-7)9-8(10)11-15-12-9/h3-5H,2,6H2,1H3. The third-order valence-corrected chi connectivity index (χ3v) is 3.77. The van der Waals surface area contributed by atoms with Crippen LogP contribution >= 0.6 is 34.7 Å². The Labute approximate surface area is 102 Å². The average Bonchev–Trinajstić information content (AvgIpc) is 2.85. The van der Waals surface area contributed by atoms with E-state index in [2.05, 4.69) is 38.1 Å². The molecule has 0 saturated carbocycles. The van der Waals surface area contributed by atoms with Gasteiger partial charge in [0.05, 0.1) is 18.3 Å². The third-order valence-electron chi connectivity index (χ3n) is 2.04. The van der Waals surface area contributed by atoms with Crippen molar-refractivity contribution in [2.45, 2.75) is 13.5 Å². The summed E-state index contributed by atoms with van der Waals surface area (Å²) in [6, 6.07) is 4.16. The number of nitrogens with zero attached hydrogens (tertiary/aromatic N) is 3. The molecule has 0 aliphatic rings. The third kappa shape index (κ3) is 2.48. The Bertz CT molecular complexity index is 413. The van der Waals surface area contributed by atoms with Gasteiger partial charge in [-0.1, -0.05) is 17.7 Å². The molecule has 0 spiro atoms. The van der Waals surface area contributed by atoms with Crippen LogP contribution in [0.25, 0.3) is 0 Å². The molecule has 3 nitrogen and oxygen atoms in total. The van der Waals surface area contributed by atoms with E-state index in [-0.39, 0.29) is 0 Å². The van der Waals surface area contributed by atoms with Crippen LogP contribution in [-0.2, 0) is 6.54 Å². The second kappa shape index (κ2) is 4.92. The zero-order chi connectivity index (χ0) is 10.7. The second-order valence-corrected chi connectivity index (χ2v) is 4.89. The van der Waals surface area contributed by atoms with Crippen molar-refractivity contribution in [3.05, 3.63) is 27.5 Å². The molecule has 0 fully saturated rings. The summed E-state index contributed by atoms with van der Waals surface area (Å²) in [6.07, 6.45) is 0. The largest absolute Gasteiger partial charge is 0.348 e. The summed E-state index contributed by atoms with van der Waals surface area (Å²) >= 11 is 8.84. The van der Waals surface area contributed by atoms with Gasteiger partial charge in [-0.3, -0.25) is 0 Å². The Morgan fingerprint density at radius 2 is 2.33 bits per heavy atom. The maximum absolute atomic E-state index is 5.95. The smallest absolute Gasteiger partial charge is 0.187 e. The van der Waals surface area contributed by atoms with Crippen molar-refractivity contribution >= 4 is 40.5 Å². The number of aromatic nitrogens is 2. The van der Waals surface area contributed by atoms with Crippen LogP contribution in [0, 0.1) is 0 Å². The molecular formula is C9H10ClN3S2. The molecule has 0 N–H and O–H groups in total. The Hall–Kier alpha value is -0.650. The topological polar surface area (TPSA) is 29.0 Å². The maximum Gasteiger partial charge on any atom is 0.187 e. The summed E-state index contributed by atoms with van der Waals surface area (Å²) in [6.45, 7) is 3.81. The quantitative estimate of drug-likeness (QED) is 0.844. The zero-order valence-electron chi connectivity index (χ0n) is 8.18. The molecule has 6 heteroatoms. The van der Waals surface area contributed by atoms with Gasteiger partial charge >= 0.3 is 0 Å². The molecule has 80 valence electrons. The van der Waals surface area contributed by atoms with Gasteiger partial charge in [-0.25, -0.2) is 0 Å². The summed E-state index contributed by atoms with van der Waals surface area (Å²) in [7, 11) is 0. The van der Waals surface area contributed by atoms with E-state index in [4.69, 9.17) is 11.6 Å². The van der Waals surface area contributed by atoms with Crippen molar-refractivity contribution in [1.82, 2.24) is 8.75 Å². The molecule has 0 unspecified atom stereocenters. The molecular weight excluding hydrogens is 250 g/mol. The molecule has 15 heavy (non-hydrogen) atoms. The van der Waals surface area contributed by atoms with Gasteiger partial charge in [-0.15, -0.1) is 11.3 Å². The summed E-state index contributed by atoms with van der Waals surface area (Å²) in [5, 5.41) is 2.57. The summed E-state index contributed by atoms with van der Waals surface area (Å²) < 4.78 is 8.17. The Morgan fingerprint density at radius 1 is 1.47 bits per heavy atom. The molecule has 2 aromatic heterocycles. The molecule has 0 aromatic carbocycles. The fourth-order valence-corrected chi connectivity index (χ4v) is 2.79. The molecule has 2 rings (SSSR count). The number of thiophene rings is 1. The van der Waals surface area contributed by atoms with Crippen LogP contribution < -0.4 is 4.90 Å².